The summed E-state index contributed by atoms with van der Waals surface area (Å²) in [6, 6.07) is 30.3. The van der Waals surface area contributed by atoms with Gasteiger partial charge in [-0.1, -0.05) is 83.6 Å². The molecule has 224 valence electrons. The maximum Gasteiger partial charge on any atom is 0.335 e. The molecule has 1 aromatic heterocycles. The summed E-state index contributed by atoms with van der Waals surface area (Å²) in [5.41, 5.74) is 5.18. The van der Waals surface area contributed by atoms with Crippen LogP contribution >= 0.6 is 11.3 Å². The summed E-state index contributed by atoms with van der Waals surface area (Å²) in [6.07, 6.45) is 1.81. The predicted octanol–water partition coefficient (Wildman–Crippen LogP) is 5.46. The molecule has 5 aromatic rings. The molecule has 0 saturated heterocycles. The molecule has 0 unspecified atom stereocenters. The molecular formula is C36H29N3O5S. The van der Waals surface area contributed by atoms with Gasteiger partial charge in [0.1, 0.15) is 12.4 Å². The topological polar surface area (TPSA) is 110 Å². The van der Waals surface area contributed by atoms with Gasteiger partial charge in [0.15, 0.2) is 4.80 Å². The number of nitrogens with one attached hydrogen (secondary N) is 1. The zero-order valence-corrected chi connectivity index (χ0v) is 25.4. The third-order valence-electron chi connectivity index (χ3n) is 7.48. The van der Waals surface area contributed by atoms with Crippen LogP contribution in [0.5, 0.6) is 5.75 Å². The summed E-state index contributed by atoms with van der Waals surface area (Å²) >= 11 is 1.28. The fourth-order valence-corrected chi connectivity index (χ4v) is 6.16. The Labute approximate surface area is 262 Å². The van der Waals surface area contributed by atoms with Crippen LogP contribution in [0.1, 0.15) is 45.6 Å². The molecule has 0 aliphatic carbocycles. The highest BCUT2D eigenvalue weighted by molar-refractivity contribution is 7.07. The first kappa shape index (κ1) is 29.5. The number of carboxylic acids is 1. The first-order valence-corrected chi connectivity index (χ1v) is 15.1. The van der Waals surface area contributed by atoms with Crippen molar-refractivity contribution in [2.45, 2.75) is 26.5 Å². The maximum atomic E-state index is 14.0. The summed E-state index contributed by atoms with van der Waals surface area (Å²) in [4.78, 5) is 43.9. The minimum atomic E-state index is -0.972. The lowest BCUT2D eigenvalue weighted by Gasteiger charge is -2.25. The number of benzene rings is 4. The molecule has 0 radical (unpaired) electrons. The molecule has 1 aliphatic heterocycles. The number of allylic oxidation sites excluding steroid dienone is 1. The number of fused-ring (bicyclic) bond motifs is 1. The second kappa shape index (κ2) is 12.6. The number of hydrogen-bond acceptors (Lipinski definition) is 6. The molecule has 0 saturated carbocycles. The molecule has 45 heavy (non-hydrogen) atoms. The van der Waals surface area contributed by atoms with Gasteiger partial charge in [-0.2, -0.15) is 0 Å². The van der Waals surface area contributed by atoms with Crippen molar-refractivity contribution in [1.29, 1.82) is 0 Å². The van der Waals surface area contributed by atoms with Crippen LogP contribution in [0.2, 0.25) is 0 Å². The predicted molar refractivity (Wildman–Crippen MR) is 174 cm³/mol. The fourth-order valence-electron chi connectivity index (χ4n) is 5.12. The van der Waals surface area contributed by atoms with E-state index in [4.69, 9.17) is 14.8 Å². The Bertz CT molecular complexity index is 2100. The van der Waals surface area contributed by atoms with Gasteiger partial charge in [-0.15, -0.1) is 0 Å². The molecule has 8 nitrogen and oxygen atoms in total. The lowest BCUT2D eigenvalue weighted by Crippen LogP contribution is -2.40. The van der Waals surface area contributed by atoms with Gasteiger partial charge in [-0.3, -0.25) is 14.2 Å². The van der Waals surface area contributed by atoms with Crippen molar-refractivity contribution < 1.29 is 19.4 Å². The average molecular weight is 616 g/mol. The van der Waals surface area contributed by atoms with Crippen molar-refractivity contribution in [3.63, 3.8) is 0 Å². The summed E-state index contributed by atoms with van der Waals surface area (Å²) < 4.78 is 7.97. The van der Waals surface area contributed by atoms with E-state index in [2.05, 4.69) is 5.32 Å². The Balaban J connectivity index is 1.30. The van der Waals surface area contributed by atoms with E-state index < -0.39 is 12.0 Å². The number of aromatic nitrogens is 1. The van der Waals surface area contributed by atoms with Crippen LogP contribution in [0.4, 0.5) is 5.69 Å². The Hall–Kier alpha value is -5.54. The van der Waals surface area contributed by atoms with Crippen molar-refractivity contribution in [1.82, 2.24) is 4.57 Å². The van der Waals surface area contributed by atoms with E-state index in [9.17, 15) is 14.4 Å². The third-order valence-corrected chi connectivity index (χ3v) is 8.46. The molecule has 4 aromatic carbocycles. The number of aromatic carboxylic acids is 1. The number of para-hydroxylation sites is 1. The molecule has 0 bridgehead atoms. The normalized spacial score (nSPS) is 14.4. The highest BCUT2D eigenvalue weighted by atomic mass is 32.1. The van der Waals surface area contributed by atoms with E-state index in [1.807, 2.05) is 91.9 Å². The van der Waals surface area contributed by atoms with Crippen LogP contribution < -0.4 is 24.9 Å². The van der Waals surface area contributed by atoms with Crippen molar-refractivity contribution in [3.8, 4) is 5.75 Å². The minimum absolute atomic E-state index is 0.223. The van der Waals surface area contributed by atoms with Crippen molar-refractivity contribution in [2.75, 3.05) is 5.32 Å². The van der Waals surface area contributed by atoms with Gasteiger partial charge in [-0.25, -0.2) is 9.79 Å². The van der Waals surface area contributed by atoms with Crippen molar-refractivity contribution in [3.05, 3.63) is 162 Å². The smallest absolute Gasteiger partial charge is 0.335 e. The Morgan fingerprint density at radius 3 is 2.29 bits per heavy atom. The second-order valence-corrected chi connectivity index (χ2v) is 11.7. The zero-order chi connectivity index (χ0) is 31.5. The van der Waals surface area contributed by atoms with Gasteiger partial charge in [0, 0.05) is 5.69 Å². The van der Waals surface area contributed by atoms with E-state index >= 15 is 0 Å². The third kappa shape index (κ3) is 6.39. The van der Waals surface area contributed by atoms with E-state index in [1.165, 1.54) is 11.3 Å². The Morgan fingerprint density at radius 2 is 1.62 bits per heavy atom. The fraction of sp³-hybridized carbons (Fsp3) is 0.111. The van der Waals surface area contributed by atoms with E-state index in [0.717, 1.165) is 22.3 Å². The number of amides is 1. The number of carbonyl (C=O) groups excluding carboxylic acids is 1. The molecule has 0 fully saturated rings. The first-order chi connectivity index (χ1) is 21.8. The molecule has 1 amide bonds. The van der Waals surface area contributed by atoms with E-state index in [0.29, 0.717) is 32.0 Å². The maximum absolute atomic E-state index is 14.0. The van der Waals surface area contributed by atoms with Gasteiger partial charge < -0.3 is 15.2 Å². The largest absolute Gasteiger partial charge is 0.489 e. The van der Waals surface area contributed by atoms with Crippen LogP contribution in [-0.4, -0.2) is 21.6 Å². The van der Waals surface area contributed by atoms with Crippen LogP contribution in [0.3, 0.4) is 0 Å². The molecule has 0 spiro atoms. The minimum Gasteiger partial charge on any atom is -0.489 e. The van der Waals surface area contributed by atoms with Gasteiger partial charge in [0.2, 0.25) is 0 Å². The number of hydrogen-bond donors (Lipinski definition) is 2. The average Bonchev–Trinajstić information content (AvgIpc) is 3.34. The summed E-state index contributed by atoms with van der Waals surface area (Å²) in [6.45, 7) is 4.09. The number of aryl methyl sites for hydroxylation is 1. The summed E-state index contributed by atoms with van der Waals surface area (Å²) in [5.74, 6) is -0.643. The quantitative estimate of drug-likeness (QED) is 0.241. The number of anilines is 1. The summed E-state index contributed by atoms with van der Waals surface area (Å²) in [5, 5.41) is 12.0. The van der Waals surface area contributed by atoms with E-state index in [1.54, 1.807) is 35.8 Å². The molecular weight excluding hydrogens is 586 g/mol. The van der Waals surface area contributed by atoms with Crippen LogP contribution in [0, 0.1) is 6.92 Å². The van der Waals surface area contributed by atoms with Gasteiger partial charge in [-0.05, 0) is 73.0 Å². The number of rotatable bonds is 8. The number of carboxylic acid groups (broad SMARTS) is 1. The van der Waals surface area contributed by atoms with Crippen LogP contribution in [-0.2, 0) is 11.4 Å². The van der Waals surface area contributed by atoms with Crippen molar-refractivity contribution in [2.24, 2.45) is 4.99 Å². The van der Waals surface area contributed by atoms with E-state index in [-0.39, 0.29) is 23.6 Å². The molecule has 1 aliphatic rings. The SMILES string of the molecule is CC1=C(C(=O)Nc2ccccc2)[C@@H](c2ccc(C)cc2)n2c(s/c(=C/c3ccc(OCc4ccc(C(=O)O)cc4)cc3)c2=O)=N1. The monoisotopic (exact) mass is 615 g/mol. The van der Waals surface area contributed by atoms with Gasteiger partial charge in [0.05, 0.1) is 27.4 Å². The number of carbonyl (C=O) groups is 2. The zero-order valence-electron chi connectivity index (χ0n) is 24.6. The summed E-state index contributed by atoms with van der Waals surface area (Å²) in [7, 11) is 0. The number of nitrogens with zero attached hydrogens (tertiary/aromatic N) is 2. The molecule has 2 heterocycles. The standard InChI is InChI=1S/C36H29N3O5S/c1-22-8-14-26(15-9-22)32-31(33(40)38-28-6-4-3-5-7-28)23(2)37-36-39(32)34(41)30(45-36)20-24-12-18-29(19-13-24)44-21-25-10-16-27(17-11-25)35(42)43/h3-20,32H,21H2,1-2H3,(H,38,40)(H,42,43)/b30-20+/t32-/m1/s1. The highest BCUT2D eigenvalue weighted by Crippen LogP contribution is 2.31. The van der Waals surface area contributed by atoms with Gasteiger partial charge >= 0.3 is 5.97 Å². The van der Waals surface area contributed by atoms with Gasteiger partial charge in [0.25, 0.3) is 11.5 Å². The first-order valence-electron chi connectivity index (χ1n) is 14.3. The van der Waals surface area contributed by atoms with Crippen LogP contribution in [0.15, 0.2) is 124 Å². The highest BCUT2D eigenvalue weighted by Gasteiger charge is 2.32. The number of thiazole rings is 1. The Morgan fingerprint density at radius 1 is 0.933 bits per heavy atom. The lowest BCUT2D eigenvalue weighted by molar-refractivity contribution is -0.113. The number of ether oxygens (including phenoxy) is 1. The molecule has 6 rings (SSSR count). The lowest BCUT2D eigenvalue weighted by atomic mass is 9.94. The van der Waals surface area contributed by atoms with Crippen molar-refractivity contribution >= 4 is 35.0 Å². The molecule has 1 atom stereocenters. The molecule has 9 heteroatoms. The van der Waals surface area contributed by atoms with Crippen LogP contribution in [0.25, 0.3) is 6.08 Å². The Kier molecular flexibility index (Phi) is 8.26. The second-order valence-electron chi connectivity index (χ2n) is 10.7. The molecule has 2 N–H and O–H groups in total.